The molecule has 0 saturated carbocycles. The van der Waals surface area contributed by atoms with Gasteiger partial charge in [0.05, 0.1) is 17.6 Å². The Hall–Kier alpha value is -3.57. The summed E-state index contributed by atoms with van der Waals surface area (Å²) in [5.74, 6) is -0.190. The fraction of sp³-hybridized carbons (Fsp3) is 0.360. The first kappa shape index (κ1) is 24.1. The summed E-state index contributed by atoms with van der Waals surface area (Å²) in [5.41, 5.74) is 1.24. The number of nitrogens with zero attached hydrogens (tertiary/aromatic N) is 5. The Morgan fingerprint density at radius 3 is 2.58 bits per heavy atom. The van der Waals surface area contributed by atoms with E-state index in [4.69, 9.17) is 4.74 Å². The van der Waals surface area contributed by atoms with Crippen molar-refractivity contribution >= 4 is 17.0 Å². The SMILES string of the molecule is CC(C)(Cc1ccc(F)cc1)Nc1nc(C2CNCCO2)nc(-n2c(C(F)F)nc3ccccc32)n1. The van der Waals surface area contributed by atoms with E-state index in [1.165, 1.54) is 16.7 Å². The Morgan fingerprint density at radius 2 is 1.86 bits per heavy atom. The number of para-hydroxylation sites is 2. The second-order valence-electron chi connectivity index (χ2n) is 9.29. The molecule has 1 aliphatic rings. The number of anilines is 1. The Morgan fingerprint density at radius 1 is 1.08 bits per heavy atom. The topological polar surface area (TPSA) is 89.8 Å². The molecule has 0 aliphatic carbocycles. The van der Waals surface area contributed by atoms with E-state index in [9.17, 15) is 13.2 Å². The predicted octanol–water partition coefficient (Wildman–Crippen LogP) is 4.38. The summed E-state index contributed by atoms with van der Waals surface area (Å²) >= 11 is 0. The number of imidazole rings is 1. The van der Waals surface area contributed by atoms with Crippen LogP contribution in [0.25, 0.3) is 17.0 Å². The molecule has 1 aliphatic heterocycles. The highest BCUT2D eigenvalue weighted by Crippen LogP contribution is 2.28. The first-order valence-electron chi connectivity index (χ1n) is 11.7. The molecule has 36 heavy (non-hydrogen) atoms. The fourth-order valence-electron chi connectivity index (χ4n) is 4.27. The Kier molecular flexibility index (Phi) is 6.59. The molecule has 2 N–H and O–H groups in total. The highest BCUT2D eigenvalue weighted by atomic mass is 19.3. The smallest absolute Gasteiger partial charge is 0.296 e. The average molecular weight is 498 g/mol. The molecule has 4 aromatic rings. The number of fused-ring (bicyclic) bond motifs is 1. The molecule has 1 unspecified atom stereocenters. The number of aromatic nitrogens is 5. The van der Waals surface area contributed by atoms with Crippen LogP contribution in [0.2, 0.25) is 0 Å². The molecule has 1 fully saturated rings. The number of halogens is 3. The molecule has 0 amide bonds. The largest absolute Gasteiger partial charge is 0.368 e. The van der Waals surface area contributed by atoms with E-state index in [0.717, 1.165) is 5.56 Å². The van der Waals surface area contributed by atoms with Crippen LogP contribution in [0.1, 0.15) is 43.6 Å². The van der Waals surface area contributed by atoms with Gasteiger partial charge in [0.1, 0.15) is 11.9 Å². The molecule has 0 radical (unpaired) electrons. The van der Waals surface area contributed by atoms with Crippen LogP contribution in [0.5, 0.6) is 0 Å². The number of rotatable bonds is 7. The molecule has 1 saturated heterocycles. The van der Waals surface area contributed by atoms with Crippen molar-refractivity contribution in [3.8, 4) is 5.95 Å². The molecule has 188 valence electrons. The molecule has 3 heterocycles. The molecule has 11 heteroatoms. The van der Waals surface area contributed by atoms with Gasteiger partial charge in [-0.2, -0.15) is 15.0 Å². The number of nitrogens with one attached hydrogen (secondary N) is 2. The first-order valence-corrected chi connectivity index (χ1v) is 11.7. The van der Waals surface area contributed by atoms with Gasteiger partial charge < -0.3 is 15.4 Å². The van der Waals surface area contributed by atoms with E-state index in [1.54, 1.807) is 36.4 Å². The van der Waals surface area contributed by atoms with Crippen LogP contribution in [0, 0.1) is 5.82 Å². The zero-order valence-corrected chi connectivity index (χ0v) is 19.9. The van der Waals surface area contributed by atoms with Crippen LogP contribution in [0.3, 0.4) is 0 Å². The fourth-order valence-corrected chi connectivity index (χ4v) is 4.27. The van der Waals surface area contributed by atoms with Gasteiger partial charge in [-0.1, -0.05) is 24.3 Å². The van der Waals surface area contributed by atoms with Crippen molar-refractivity contribution in [2.75, 3.05) is 25.0 Å². The third-order valence-corrected chi connectivity index (χ3v) is 5.85. The van der Waals surface area contributed by atoms with Crippen molar-refractivity contribution in [2.45, 2.75) is 38.3 Å². The molecule has 1 atom stereocenters. The van der Waals surface area contributed by atoms with Crippen LogP contribution in [0.15, 0.2) is 48.5 Å². The Labute approximate surface area is 206 Å². The number of alkyl halides is 2. The monoisotopic (exact) mass is 497 g/mol. The Balaban J connectivity index is 1.57. The minimum Gasteiger partial charge on any atom is -0.368 e. The summed E-state index contributed by atoms with van der Waals surface area (Å²) in [5, 5.41) is 6.54. The lowest BCUT2D eigenvalue weighted by molar-refractivity contribution is 0.0220. The third-order valence-electron chi connectivity index (χ3n) is 5.85. The first-order chi connectivity index (χ1) is 17.3. The highest BCUT2D eigenvalue weighted by Gasteiger charge is 2.27. The number of hydrogen-bond acceptors (Lipinski definition) is 7. The normalized spacial score (nSPS) is 16.6. The summed E-state index contributed by atoms with van der Waals surface area (Å²) in [6, 6.07) is 13.1. The van der Waals surface area contributed by atoms with Gasteiger partial charge in [0.25, 0.3) is 6.43 Å². The van der Waals surface area contributed by atoms with Gasteiger partial charge in [0.2, 0.25) is 11.9 Å². The highest BCUT2D eigenvalue weighted by molar-refractivity contribution is 5.77. The van der Waals surface area contributed by atoms with Crippen molar-refractivity contribution in [1.29, 1.82) is 0 Å². The van der Waals surface area contributed by atoms with E-state index >= 15 is 0 Å². The van der Waals surface area contributed by atoms with Gasteiger partial charge >= 0.3 is 0 Å². The number of morpholine rings is 1. The minimum atomic E-state index is -2.84. The van der Waals surface area contributed by atoms with Crippen molar-refractivity contribution in [3.63, 3.8) is 0 Å². The van der Waals surface area contributed by atoms with Gasteiger partial charge in [0, 0.05) is 18.6 Å². The number of ether oxygens (including phenoxy) is 1. The lowest BCUT2D eigenvalue weighted by atomic mass is 9.95. The summed E-state index contributed by atoms with van der Waals surface area (Å²) in [6.07, 6.45) is -2.76. The van der Waals surface area contributed by atoms with E-state index in [-0.39, 0.29) is 17.7 Å². The van der Waals surface area contributed by atoms with Crippen LogP contribution >= 0.6 is 0 Å². The zero-order valence-electron chi connectivity index (χ0n) is 19.9. The second-order valence-corrected chi connectivity index (χ2v) is 9.29. The summed E-state index contributed by atoms with van der Waals surface area (Å²) in [4.78, 5) is 17.8. The quantitative estimate of drug-likeness (QED) is 0.392. The van der Waals surface area contributed by atoms with Gasteiger partial charge in [-0.15, -0.1) is 0 Å². The molecule has 0 bridgehead atoms. The van der Waals surface area contributed by atoms with E-state index in [0.29, 0.717) is 43.0 Å². The van der Waals surface area contributed by atoms with Crippen LogP contribution in [-0.4, -0.2) is 49.7 Å². The number of hydrogen-bond donors (Lipinski definition) is 2. The molecular weight excluding hydrogens is 471 g/mol. The lowest BCUT2D eigenvalue weighted by Crippen LogP contribution is -2.36. The maximum Gasteiger partial charge on any atom is 0.296 e. The van der Waals surface area contributed by atoms with Gasteiger partial charge in [-0.25, -0.2) is 18.2 Å². The van der Waals surface area contributed by atoms with E-state index in [2.05, 4.69) is 30.6 Å². The van der Waals surface area contributed by atoms with Crippen LogP contribution in [-0.2, 0) is 11.2 Å². The van der Waals surface area contributed by atoms with Crippen molar-refractivity contribution in [1.82, 2.24) is 29.8 Å². The molecule has 2 aromatic heterocycles. The van der Waals surface area contributed by atoms with Crippen LogP contribution in [0.4, 0.5) is 19.1 Å². The van der Waals surface area contributed by atoms with E-state index < -0.39 is 23.9 Å². The van der Waals surface area contributed by atoms with Gasteiger partial charge in [0.15, 0.2) is 11.6 Å². The number of benzene rings is 2. The van der Waals surface area contributed by atoms with Crippen molar-refractivity contribution < 1.29 is 17.9 Å². The van der Waals surface area contributed by atoms with Gasteiger partial charge in [-0.05, 0) is 50.1 Å². The third kappa shape index (κ3) is 5.17. The predicted molar refractivity (Wildman–Crippen MR) is 129 cm³/mol. The summed E-state index contributed by atoms with van der Waals surface area (Å²) < 4.78 is 48.5. The zero-order chi connectivity index (χ0) is 25.3. The maximum absolute atomic E-state index is 14.0. The standard InChI is InChI=1S/C25H26F3N7O/c1-25(2,13-15-7-9-16(26)10-8-15)34-23-31-21(19-14-29-11-12-36-19)32-24(33-23)35-18-6-4-3-5-17(18)30-22(35)20(27)28/h3-10,19-20,29H,11-14H2,1-2H3,(H,31,32,33,34). The molecule has 2 aromatic carbocycles. The molecule has 5 rings (SSSR count). The van der Waals surface area contributed by atoms with E-state index in [1.807, 2.05) is 13.8 Å². The minimum absolute atomic E-state index is 0.0262. The lowest BCUT2D eigenvalue weighted by Gasteiger charge is -2.28. The summed E-state index contributed by atoms with van der Waals surface area (Å²) in [6.45, 7) is 5.56. The average Bonchev–Trinajstić information content (AvgIpc) is 3.25. The van der Waals surface area contributed by atoms with Crippen molar-refractivity contribution in [3.05, 3.63) is 71.6 Å². The Bertz CT molecular complexity index is 1350. The maximum atomic E-state index is 14.0. The second kappa shape index (κ2) is 9.82. The molecular formula is C25H26F3N7O. The van der Waals surface area contributed by atoms with Gasteiger partial charge in [-0.3, -0.25) is 4.57 Å². The molecule has 8 nitrogen and oxygen atoms in total. The van der Waals surface area contributed by atoms with Crippen molar-refractivity contribution in [2.24, 2.45) is 0 Å². The molecule has 0 spiro atoms. The van der Waals surface area contributed by atoms with Crippen LogP contribution < -0.4 is 10.6 Å². The summed E-state index contributed by atoms with van der Waals surface area (Å²) in [7, 11) is 0.